The largest absolute Gasteiger partial charge is 0.394 e. The minimum atomic E-state index is -0.703. The van der Waals surface area contributed by atoms with Gasteiger partial charge in [0.2, 0.25) is 0 Å². The summed E-state index contributed by atoms with van der Waals surface area (Å²) >= 11 is 0. The van der Waals surface area contributed by atoms with Crippen molar-refractivity contribution in [3.05, 3.63) is 35.1 Å². The predicted molar refractivity (Wildman–Crippen MR) is 67.7 cm³/mol. The van der Waals surface area contributed by atoms with Crippen LogP contribution in [0.4, 0.5) is 0 Å². The van der Waals surface area contributed by atoms with Crippen molar-refractivity contribution in [3.63, 3.8) is 0 Å². The molecule has 0 saturated carbocycles. The van der Waals surface area contributed by atoms with E-state index in [0.717, 1.165) is 0 Å². The summed E-state index contributed by atoms with van der Waals surface area (Å²) in [7, 11) is 0. The van der Waals surface area contributed by atoms with E-state index in [4.69, 9.17) is 9.84 Å². The van der Waals surface area contributed by atoms with Crippen LogP contribution in [0.15, 0.2) is 29.6 Å². The van der Waals surface area contributed by atoms with Crippen molar-refractivity contribution >= 4 is 0 Å². The Labute approximate surface area is 113 Å². The maximum Gasteiger partial charge on any atom is 0.251 e. The quantitative estimate of drug-likeness (QED) is 0.682. The van der Waals surface area contributed by atoms with Crippen LogP contribution in [-0.2, 0) is 4.74 Å². The van der Waals surface area contributed by atoms with Gasteiger partial charge in [0.1, 0.15) is 18.0 Å². The number of aromatic amines is 1. The van der Waals surface area contributed by atoms with E-state index >= 15 is 0 Å². The first-order chi connectivity index (χ1) is 9.67. The molecular weight excluding hydrogens is 264 g/mol. The third kappa shape index (κ3) is 2.36. The van der Waals surface area contributed by atoms with Crippen molar-refractivity contribution < 1.29 is 14.9 Å². The summed E-state index contributed by atoms with van der Waals surface area (Å²) in [5.74, 6) is 0.369. The summed E-state index contributed by atoms with van der Waals surface area (Å²) < 4.78 is 7.19. The molecular formula is C12H14N4O4. The topological polar surface area (TPSA) is 113 Å². The Hall–Kier alpha value is -2.03. The smallest absolute Gasteiger partial charge is 0.251 e. The average Bonchev–Trinajstić information content (AvgIpc) is 3.05. The lowest BCUT2D eigenvalue weighted by Gasteiger charge is -2.12. The van der Waals surface area contributed by atoms with Gasteiger partial charge in [0.25, 0.3) is 5.56 Å². The van der Waals surface area contributed by atoms with Gasteiger partial charge in [0.05, 0.1) is 19.0 Å². The minimum Gasteiger partial charge on any atom is -0.394 e. The molecule has 1 aliphatic heterocycles. The molecule has 106 valence electrons. The van der Waals surface area contributed by atoms with Crippen molar-refractivity contribution in [2.45, 2.75) is 24.9 Å². The molecule has 1 aliphatic rings. The monoisotopic (exact) mass is 278 g/mol. The third-order valence-corrected chi connectivity index (χ3v) is 3.23. The number of aliphatic hydroxyl groups excluding tert-OH is 2. The average molecular weight is 278 g/mol. The number of rotatable bonds is 3. The maximum atomic E-state index is 11.2. The molecule has 0 aromatic carbocycles. The Kier molecular flexibility index (Phi) is 3.35. The molecule has 3 rings (SSSR count). The molecule has 1 saturated heterocycles. The number of nitrogens with zero attached hydrogens (tertiary/aromatic N) is 3. The summed E-state index contributed by atoms with van der Waals surface area (Å²) in [5.41, 5.74) is 0.255. The van der Waals surface area contributed by atoms with Gasteiger partial charge in [0.15, 0.2) is 5.82 Å². The summed E-state index contributed by atoms with van der Waals surface area (Å²) in [6.45, 7) is -0.229. The second-order valence-corrected chi connectivity index (χ2v) is 4.60. The van der Waals surface area contributed by atoms with Crippen LogP contribution in [0.5, 0.6) is 0 Å². The number of aliphatic hydroxyl groups is 2. The molecule has 2 unspecified atom stereocenters. The molecule has 0 amide bonds. The molecule has 3 N–H and O–H groups in total. The summed E-state index contributed by atoms with van der Waals surface area (Å²) in [6, 6.07) is 1.32. The van der Waals surface area contributed by atoms with Gasteiger partial charge < -0.3 is 24.5 Å². The lowest BCUT2D eigenvalue weighted by molar-refractivity contribution is -0.0443. The van der Waals surface area contributed by atoms with E-state index in [1.165, 1.54) is 12.3 Å². The number of hydrogen-bond donors (Lipinski definition) is 3. The van der Waals surface area contributed by atoms with E-state index in [9.17, 15) is 9.90 Å². The molecule has 8 heteroatoms. The highest BCUT2D eigenvalue weighted by atomic mass is 16.5. The standard InChI is InChI=1S/C12H14N4O4/c17-5-9-8(18)3-11(20-9)16-4-7(14-6-16)12-13-2-1-10(19)15-12/h1-2,4,6,8-9,11,17-18H,3,5H2,(H,13,15,19)/t8-,9?,11?/m1/s1. The fourth-order valence-corrected chi connectivity index (χ4v) is 2.18. The van der Waals surface area contributed by atoms with E-state index in [2.05, 4.69) is 15.0 Å². The molecule has 0 bridgehead atoms. The van der Waals surface area contributed by atoms with E-state index in [1.807, 2.05) is 0 Å². The van der Waals surface area contributed by atoms with Crippen LogP contribution >= 0.6 is 0 Å². The fourth-order valence-electron chi connectivity index (χ4n) is 2.18. The second-order valence-electron chi connectivity index (χ2n) is 4.60. The highest BCUT2D eigenvalue weighted by molar-refractivity contribution is 5.46. The number of H-pyrrole nitrogens is 1. The lowest BCUT2D eigenvalue weighted by atomic mass is 10.2. The maximum absolute atomic E-state index is 11.2. The normalized spacial score (nSPS) is 26.0. The molecule has 0 aliphatic carbocycles. The van der Waals surface area contributed by atoms with E-state index in [0.29, 0.717) is 17.9 Å². The van der Waals surface area contributed by atoms with Crippen molar-refractivity contribution in [2.75, 3.05) is 6.61 Å². The van der Waals surface area contributed by atoms with Crippen LogP contribution in [-0.4, -0.2) is 48.5 Å². The molecule has 0 radical (unpaired) electrons. The zero-order chi connectivity index (χ0) is 14.1. The van der Waals surface area contributed by atoms with E-state index in [1.54, 1.807) is 17.1 Å². The zero-order valence-corrected chi connectivity index (χ0v) is 10.5. The Morgan fingerprint density at radius 3 is 3.05 bits per heavy atom. The molecule has 8 nitrogen and oxygen atoms in total. The highest BCUT2D eigenvalue weighted by Crippen LogP contribution is 2.29. The lowest BCUT2D eigenvalue weighted by Crippen LogP contribution is -2.24. The van der Waals surface area contributed by atoms with Crippen molar-refractivity contribution in [1.29, 1.82) is 0 Å². The summed E-state index contributed by atoms with van der Waals surface area (Å²) in [4.78, 5) is 22.0. The van der Waals surface area contributed by atoms with Crippen molar-refractivity contribution in [3.8, 4) is 11.5 Å². The Bertz CT molecular complexity index is 653. The van der Waals surface area contributed by atoms with Gasteiger partial charge in [-0.15, -0.1) is 0 Å². The number of imidazole rings is 1. The summed E-state index contributed by atoms with van der Waals surface area (Å²) in [5, 5.41) is 18.8. The van der Waals surface area contributed by atoms with Crippen molar-refractivity contribution in [2.24, 2.45) is 0 Å². The first kappa shape index (κ1) is 13.0. The Balaban J connectivity index is 1.83. The van der Waals surface area contributed by atoms with Crippen molar-refractivity contribution in [1.82, 2.24) is 19.5 Å². The first-order valence-electron chi connectivity index (χ1n) is 6.21. The minimum absolute atomic E-state index is 0.229. The molecule has 0 spiro atoms. The summed E-state index contributed by atoms with van der Waals surface area (Å²) in [6.07, 6.45) is 3.32. The van der Waals surface area contributed by atoms with Crippen LogP contribution in [0.2, 0.25) is 0 Å². The third-order valence-electron chi connectivity index (χ3n) is 3.23. The second kappa shape index (κ2) is 5.16. The molecule has 2 aromatic rings. The van der Waals surface area contributed by atoms with Gasteiger partial charge in [-0.05, 0) is 0 Å². The first-order valence-corrected chi connectivity index (χ1v) is 6.21. The van der Waals surface area contributed by atoms with Gasteiger partial charge in [-0.2, -0.15) is 0 Å². The molecule has 3 heterocycles. The van der Waals surface area contributed by atoms with Crippen LogP contribution in [0.1, 0.15) is 12.6 Å². The van der Waals surface area contributed by atoms with Gasteiger partial charge in [0, 0.05) is 24.9 Å². The fraction of sp³-hybridized carbons (Fsp3) is 0.417. The molecule has 3 atom stereocenters. The molecule has 2 aromatic heterocycles. The highest BCUT2D eigenvalue weighted by Gasteiger charge is 2.34. The van der Waals surface area contributed by atoms with Gasteiger partial charge in [-0.1, -0.05) is 0 Å². The van der Waals surface area contributed by atoms with E-state index < -0.39 is 12.2 Å². The number of aromatic nitrogens is 4. The van der Waals surface area contributed by atoms with Crippen LogP contribution < -0.4 is 5.56 Å². The Morgan fingerprint density at radius 1 is 1.50 bits per heavy atom. The van der Waals surface area contributed by atoms with Crippen LogP contribution in [0.25, 0.3) is 11.5 Å². The van der Waals surface area contributed by atoms with Gasteiger partial charge in [-0.3, -0.25) is 4.79 Å². The number of ether oxygens (including phenoxy) is 1. The van der Waals surface area contributed by atoms with Crippen LogP contribution in [0, 0.1) is 0 Å². The molecule has 1 fully saturated rings. The molecule has 20 heavy (non-hydrogen) atoms. The van der Waals surface area contributed by atoms with Crippen LogP contribution in [0.3, 0.4) is 0 Å². The van der Waals surface area contributed by atoms with E-state index in [-0.39, 0.29) is 18.4 Å². The predicted octanol–water partition coefficient (Wildman–Crippen LogP) is -0.726. The van der Waals surface area contributed by atoms with Gasteiger partial charge in [-0.25, -0.2) is 9.97 Å². The Morgan fingerprint density at radius 2 is 2.35 bits per heavy atom. The van der Waals surface area contributed by atoms with Gasteiger partial charge >= 0.3 is 0 Å². The zero-order valence-electron chi connectivity index (χ0n) is 10.5. The SMILES string of the molecule is O=c1ccnc(-c2cn(C3C[C@@H](O)C(CO)O3)cn2)[nH]1. The number of hydrogen-bond acceptors (Lipinski definition) is 6. The number of nitrogens with one attached hydrogen (secondary N) is 1.